The van der Waals surface area contributed by atoms with Crippen LogP contribution in [0.25, 0.3) is 0 Å². The lowest BCUT2D eigenvalue weighted by molar-refractivity contribution is -0.208. The smallest absolute Gasteiger partial charge is 0.320 e. The zero-order valence-corrected chi connectivity index (χ0v) is 19.6. The van der Waals surface area contributed by atoms with Gasteiger partial charge in [0.25, 0.3) is 5.91 Å². The van der Waals surface area contributed by atoms with Crippen LogP contribution in [0.15, 0.2) is 23.4 Å². The number of carbonyl (C=O) groups is 1. The molecular weight excluding hydrogens is 493 g/mol. The number of amides is 1. The summed E-state index contributed by atoms with van der Waals surface area (Å²) in [7, 11) is -3.21. The average Bonchev–Trinajstić information content (AvgIpc) is 3.44. The number of halogens is 5. The Balaban J connectivity index is 1.45. The van der Waals surface area contributed by atoms with Gasteiger partial charge in [-0.25, -0.2) is 22.8 Å². The number of rotatable bonds is 6. The molecule has 3 aliphatic carbocycles. The fraction of sp³-hybridized carbons (Fsp3) is 0.591. The summed E-state index contributed by atoms with van der Waals surface area (Å²) in [6.45, 7) is 0.0307. The van der Waals surface area contributed by atoms with Crippen molar-refractivity contribution >= 4 is 21.3 Å². The van der Waals surface area contributed by atoms with E-state index in [2.05, 4.69) is 15.4 Å². The van der Waals surface area contributed by atoms with Gasteiger partial charge in [0.2, 0.25) is 5.92 Å². The molecule has 1 atom stereocenters. The molecule has 2 aromatic rings. The Morgan fingerprint density at radius 2 is 1.94 bits per heavy atom. The van der Waals surface area contributed by atoms with Crippen molar-refractivity contribution in [3.63, 3.8) is 0 Å². The molecule has 5 rings (SSSR count). The minimum absolute atomic E-state index is 0.0307. The normalized spacial score (nSPS) is 22.8. The van der Waals surface area contributed by atoms with Gasteiger partial charge in [0.15, 0.2) is 0 Å². The molecule has 1 spiro atoms. The average molecular weight is 518 g/mol. The van der Waals surface area contributed by atoms with Gasteiger partial charge in [0, 0.05) is 43.4 Å². The number of pyridine rings is 1. The number of nitrogens with zero attached hydrogens (tertiary/aromatic N) is 3. The van der Waals surface area contributed by atoms with Crippen LogP contribution in [0, 0.1) is 16.1 Å². The molecule has 7 nitrogen and oxygen atoms in total. The van der Waals surface area contributed by atoms with E-state index >= 15 is 0 Å². The van der Waals surface area contributed by atoms with Crippen molar-refractivity contribution in [2.75, 3.05) is 11.6 Å². The predicted octanol–water partition coefficient (Wildman–Crippen LogP) is 5.29. The Morgan fingerprint density at radius 3 is 2.49 bits per heavy atom. The van der Waals surface area contributed by atoms with Crippen LogP contribution in [0.4, 0.5) is 27.6 Å². The third kappa shape index (κ3) is 4.66. The van der Waals surface area contributed by atoms with E-state index in [0.29, 0.717) is 25.7 Å². The lowest BCUT2D eigenvalue weighted by Gasteiger charge is -2.57. The highest BCUT2D eigenvalue weighted by Gasteiger charge is 2.61. The molecule has 1 amide bonds. The highest BCUT2D eigenvalue weighted by molar-refractivity contribution is 7.91. The molecule has 0 bridgehead atoms. The monoisotopic (exact) mass is 517 g/mol. The van der Waals surface area contributed by atoms with Crippen molar-refractivity contribution < 1.29 is 31.0 Å². The molecule has 2 N–H and O–H groups in total. The predicted molar refractivity (Wildman–Crippen MR) is 116 cm³/mol. The van der Waals surface area contributed by atoms with E-state index < -0.39 is 44.4 Å². The van der Waals surface area contributed by atoms with E-state index in [1.807, 2.05) is 0 Å². The van der Waals surface area contributed by atoms with E-state index in [1.54, 1.807) is 0 Å². The molecule has 1 unspecified atom stereocenters. The van der Waals surface area contributed by atoms with E-state index in [-0.39, 0.29) is 47.6 Å². The van der Waals surface area contributed by atoms with Gasteiger partial charge in [-0.15, -0.1) is 0 Å². The van der Waals surface area contributed by atoms with E-state index in [4.69, 9.17) is 4.78 Å². The SMILES string of the molecule is CS(=N)(=O)c1cc(NC(=O)c2c(C(F)(F)F)c(C3CC3)nn2CC2CC3(C2)CC(F)(F)C3)ccn1. The van der Waals surface area contributed by atoms with Crippen molar-refractivity contribution in [3.8, 4) is 0 Å². The molecule has 0 saturated heterocycles. The molecule has 13 heteroatoms. The third-order valence-electron chi connectivity index (χ3n) is 6.98. The summed E-state index contributed by atoms with van der Waals surface area (Å²) in [5.74, 6) is -4.23. The van der Waals surface area contributed by atoms with Crippen LogP contribution in [-0.2, 0) is 22.5 Å². The van der Waals surface area contributed by atoms with Gasteiger partial charge in [-0.2, -0.15) is 18.3 Å². The van der Waals surface area contributed by atoms with E-state index in [0.717, 1.165) is 10.9 Å². The van der Waals surface area contributed by atoms with Crippen LogP contribution in [0.2, 0.25) is 0 Å². The molecule has 0 aromatic carbocycles. The molecule has 35 heavy (non-hydrogen) atoms. The second kappa shape index (κ2) is 7.71. The first-order chi connectivity index (χ1) is 16.2. The number of nitrogens with one attached hydrogen (secondary N) is 2. The lowest BCUT2D eigenvalue weighted by atomic mass is 9.50. The largest absolute Gasteiger partial charge is 0.420 e. The summed E-state index contributed by atoms with van der Waals surface area (Å²) in [6, 6.07) is 2.52. The number of hydrogen-bond acceptors (Lipinski definition) is 5. The maximum Gasteiger partial charge on any atom is 0.420 e. The molecule has 3 fully saturated rings. The number of hydrogen-bond donors (Lipinski definition) is 2. The van der Waals surface area contributed by atoms with Gasteiger partial charge in [-0.05, 0) is 49.1 Å². The van der Waals surface area contributed by atoms with Gasteiger partial charge in [0.1, 0.15) is 16.3 Å². The number of aromatic nitrogens is 3. The summed E-state index contributed by atoms with van der Waals surface area (Å²) in [5, 5.41) is 6.49. The zero-order valence-electron chi connectivity index (χ0n) is 18.8. The molecule has 190 valence electrons. The molecule has 2 heterocycles. The quantitative estimate of drug-likeness (QED) is 0.509. The second-order valence-corrected chi connectivity index (χ2v) is 12.3. The van der Waals surface area contributed by atoms with Crippen LogP contribution in [0.5, 0.6) is 0 Å². The van der Waals surface area contributed by atoms with E-state index in [9.17, 15) is 31.0 Å². The van der Waals surface area contributed by atoms with Gasteiger partial charge in [-0.3, -0.25) is 9.48 Å². The first-order valence-corrected chi connectivity index (χ1v) is 13.2. The minimum atomic E-state index is -4.82. The molecule has 2 aromatic heterocycles. The first kappa shape index (κ1) is 24.1. The van der Waals surface area contributed by atoms with Crippen molar-refractivity contribution in [1.29, 1.82) is 4.78 Å². The number of anilines is 1. The molecule has 0 aliphatic heterocycles. The standard InChI is InChI=1S/C22H24F5N5O2S/c1-35(28,34)15-6-14(4-5-29-15)30-19(33)18-16(22(25,26)27)17(13-2-3-13)31-32(18)9-12-7-20(8-12)10-21(23,24)11-20/h4-6,12-13,28H,2-3,7-11H2,1H3,(H,29,30,33). The molecular formula is C22H24F5N5O2S. The lowest BCUT2D eigenvalue weighted by Crippen LogP contribution is -2.54. The zero-order chi connectivity index (χ0) is 25.4. The third-order valence-corrected chi connectivity index (χ3v) is 8.00. The number of carbonyl (C=O) groups excluding carboxylic acids is 1. The summed E-state index contributed by atoms with van der Waals surface area (Å²) in [6.07, 6.45) is -0.850. The first-order valence-electron chi connectivity index (χ1n) is 11.2. The van der Waals surface area contributed by atoms with Crippen LogP contribution >= 0.6 is 0 Å². The van der Waals surface area contributed by atoms with Crippen LogP contribution in [0.3, 0.4) is 0 Å². The van der Waals surface area contributed by atoms with Gasteiger partial charge in [0.05, 0.1) is 15.4 Å². The van der Waals surface area contributed by atoms with Crippen molar-refractivity contribution in [1.82, 2.24) is 14.8 Å². The van der Waals surface area contributed by atoms with E-state index in [1.165, 1.54) is 18.3 Å². The summed E-state index contributed by atoms with van der Waals surface area (Å²) in [5.41, 5.74) is -2.26. The Bertz CT molecular complexity index is 1280. The van der Waals surface area contributed by atoms with Crippen LogP contribution in [0.1, 0.15) is 66.2 Å². The summed E-state index contributed by atoms with van der Waals surface area (Å²) < 4.78 is 89.8. The maximum absolute atomic E-state index is 14.1. The van der Waals surface area contributed by atoms with Crippen molar-refractivity contribution in [2.24, 2.45) is 11.3 Å². The number of alkyl halides is 5. The van der Waals surface area contributed by atoms with Gasteiger partial charge in [-0.1, -0.05) is 0 Å². The Hall–Kier alpha value is -2.57. The Kier molecular flexibility index (Phi) is 5.32. The fourth-order valence-electron chi connectivity index (χ4n) is 5.53. The maximum atomic E-state index is 14.1. The van der Waals surface area contributed by atoms with Crippen LogP contribution in [-0.4, -0.2) is 37.1 Å². The molecule has 3 saturated carbocycles. The topological polar surface area (TPSA) is 101 Å². The molecule has 0 radical (unpaired) electrons. The highest BCUT2D eigenvalue weighted by Crippen LogP contribution is 2.64. The fourth-order valence-corrected chi connectivity index (χ4v) is 6.14. The summed E-state index contributed by atoms with van der Waals surface area (Å²) >= 11 is 0. The van der Waals surface area contributed by atoms with Gasteiger partial charge >= 0.3 is 6.18 Å². The Morgan fingerprint density at radius 1 is 1.29 bits per heavy atom. The van der Waals surface area contributed by atoms with Crippen molar-refractivity contribution in [3.05, 3.63) is 35.3 Å². The second-order valence-electron chi connectivity index (χ2n) is 10.2. The minimum Gasteiger partial charge on any atom is -0.320 e. The van der Waals surface area contributed by atoms with Crippen LogP contribution < -0.4 is 5.32 Å². The van der Waals surface area contributed by atoms with Crippen molar-refractivity contribution in [2.45, 2.75) is 68.1 Å². The molecule has 3 aliphatic rings. The highest BCUT2D eigenvalue weighted by atomic mass is 32.2. The Labute approximate surface area is 198 Å². The van der Waals surface area contributed by atoms with Gasteiger partial charge < -0.3 is 5.32 Å². The summed E-state index contributed by atoms with van der Waals surface area (Å²) in [4.78, 5) is 17.0.